The Hall–Kier alpha value is -3.27. The summed E-state index contributed by atoms with van der Waals surface area (Å²) in [6, 6.07) is 2.96. The lowest BCUT2D eigenvalue weighted by atomic mass is 9.94. The second kappa shape index (κ2) is 10.6. The number of aromatic hydroxyl groups is 1. The zero-order chi connectivity index (χ0) is 27.0. The van der Waals surface area contributed by atoms with Gasteiger partial charge in [0.15, 0.2) is 11.4 Å². The van der Waals surface area contributed by atoms with Crippen LogP contribution >= 0.6 is 0 Å². The number of carbonyl (C=O) groups excluding carboxylic acids is 2. The smallest absolute Gasteiger partial charge is 0.276 e. The van der Waals surface area contributed by atoms with Gasteiger partial charge < -0.3 is 19.9 Å². The minimum Gasteiger partial charge on any atom is -0.503 e. The maximum Gasteiger partial charge on any atom is 0.276 e. The lowest BCUT2D eigenvalue weighted by molar-refractivity contribution is -0.0449. The summed E-state index contributed by atoms with van der Waals surface area (Å²) in [5, 5.41) is 13.2. The van der Waals surface area contributed by atoms with Crippen molar-refractivity contribution in [3.63, 3.8) is 0 Å². The average molecular weight is 517 g/mol. The fourth-order valence-electron chi connectivity index (χ4n) is 5.40. The van der Waals surface area contributed by atoms with Crippen LogP contribution in [-0.4, -0.2) is 56.6 Å². The summed E-state index contributed by atoms with van der Waals surface area (Å²) < 4.78 is 28.6. The van der Waals surface area contributed by atoms with Crippen LogP contribution < -0.4 is 10.7 Å². The van der Waals surface area contributed by atoms with Crippen molar-refractivity contribution in [2.75, 3.05) is 13.1 Å². The molecule has 3 heterocycles. The molecular formula is C27H34F2N4O4. The number of benzene rings is 1. The third kappa shape index (κ3) is 5.39. The highest BCUT2D eigenvalue weighted by Crippen LogP contribution is 2.33. The van der Waals surface area contributed by atoms with Gasteiger partial charge in [0.2, 0.25) is 5.43 Å². The summed E-state index contributed by atoms with van der Waals surface area (Å²) in [4.78, 5) is 43.6. The number of hydrogen-bond acceptors (Lipinski definition) is 5. The number of pyridine rings is 1. The summed E-state index contributed by atoms with van der Waals surface area (Å²) in [6.07, 6.45) is 2.63. The topological polar surface area (TPSA) is 94.9 Å². The number of rotatable bonds is 7. The molecule has 200 valence electrons. The molecule has 0 aliphatic carbocycles. The van der Waals surface area contributed by atoms with Gasteiger partial charge in [-0.3, -0.25) is 19.3 Å². The van der Waals surface area contributed by atoms with E-state index in [-0.39, 0.29) is 35.6 Å². The lowest BCUT2D eigenvalue weighted by Gasteiger charge is -2.52. The molecule has 2 atom stereocenters. The highest BCUT2D eigenvalue weighted by molar-refractivity contribution is 5.99. The van der Waals surface area contributed by atoms with Gasteiger partial charge in [0.05, 0.1) is 6.54 Å². The Morgan fingerprint density at radius 3 is 2.54 bits per heavy atom. The van der Waals surface area contributed by atoms with Gasteiger partial charge in [0.1, 0.15) is 23.4 Å². The van der Waals surface area contributed by atoms with E-state index < -0.39 is 34.6 Å². The molecule has 4 rings (SSSR count). The van der Waals surface area contributed by atoms with E-state index >= 15 is 0 Å². The third-order valence-corrected chi connectivity index (χ3v) is 6.98. The third-order valence-electron chi connectivity index (χ3n) is 6.98. The molecule has 2 aromatic rings. The van der Waals surface area contributed by atoms with Crippen molar-refractivity contribution in [3.8, 4) is 5.75 Å². The predicted molar refractivity (Wildman–Crippen MR) is 134 cm³/mol. The van der Waals surface area contributed by atoms with Gasteiger partial charge in [0.25, 0.3) is 11.8 Å². The molecule has 0 spiro atoms. The Bertz CT molecular complexity index is 1260. The summed E-state index contributed by atoms with van der Waals surface area (Å²) in [5.74, 6) is -2.85. The number of amides is 2. The van der Waals surface area contributed by atoms with E-state index in [9.17, 15) is 28.3 Å². The van der Waals surface area contributed by atoms with E-state index in [2.05, 4.69) is 37.9 Å². The van der Waals surface area contributed by atoms with Crippen LogP contribution in [0.3, 0.4) is 0 Å². The SMILES string of the molecule is CC(C)CC1CCN(CC(C)C)[C@@H]2Cn3cc(C(=O)NCc4ccc(F)cc4F)c(=O)c(O)c3C(=O)N12. The number of carbonyl (C=O) groups is 2. The lowest BCUT2D eigenvalue weighted by Crippen LogP contribution is -2.65. The van der Waals surface area contributed by atoms with E-state index in [1.165, 1.54) is 16.8 Å². The van der Waals surface area contributed by atoms with Gasteiger partial charge in [-0.15, -0.1) is 0 Å². The van der Waals surface area contributed by atoms with Crippen molar-refractivity contribution in [1.82, 2.24) is 19.7 Å². The quantitative estimate of drug-likeness (QED) is 0.589. The number of aromatic nitrogens is 1. The zero-order valence-corrected chi connectivity index (χ0v) is 21.6. The van der Waals surface area contributed by atoms with Crippen molar-refractivity contribution in [2.24, 2.45) is 11.8 Å². The summed E-state index contributed by atoms with van der Waals surface area (Å²) in [7, 11) is 0. The maximum atomic E-state index is 14.0. The minimum absolute atomic E-state index is 0.0160. The molecule has 10 heteroatoms. The summed E-state index contributed by atoms with van der Waals surface area (Å²) in [5.41, 5.74) is -1.39. The highest BCUT2D eigenvalue weighted by Gasteiger charge is 2.44. The van der Waals surface area contributed by atoms with Crippen molar-refractivity contribution in [3.05, 3.63) is 63.1 Å². The molecule has 8 nitrogen and oxygen atoms in total. The van der Waals surface area contributed by atoms with E-state index in [0.717, 1.165) is 32.0 Å². The van der Waals surface area contributed by atoms with E-state index in [1.54, 1.807) is 4.90 Å². The van der Waals surface area contributed by atoms with Crippen LogP contribution in [0.15, 0.2) is 29.2 Å². The molecule has 2 N–H and O–H groups in total. The fourth-order valence-corrected chi connectivity index (χ4v) is 5.40. The second-order valence-electron chi connectivity index (χ2n) is 10.8. The molecular weight excluding hydrogens is 482 g/mol. The Kier molecular flexibility index (Phi) is 7.68. The van der Waals surface area contributed by atoms with Gasteiger partial charge in [0, 0.05) is 43.5 Å². The van der Waals surface area contributed by atoms with E-state index in [1.807, 2.05) is 0 Å². The predicted octanol–water partition coefficient (Wildman–Crippen LogP) is 3.32. The Balaban J connectivity index is 1.66. The number of nitrogens with one attached hydrogen (secondary N) is 1. The van der Waals surface area contributed by atoms with Gasteiger partial charge in [-0.1, -0.05) is 33.8 Å². The molecule has 0 bridgehead atoms. The van der Waals surface area contributed by atoms with Crippen molar-refractivity contribution < 1.29 is 23.5 Å². The van der Waals surface area contributed by atoms with Crippen LogP contribution in [0.2, 0.25) is 0 Å². The standard InChI is InChI=1S/C27H34F2N4O4/c1-15(2)9-19-7-8-31(12-16(3)4)22-14-32-13-20(24(34)25(35)23(32)27(37)33(19)22)26(36)30-11-17-5-6-18(28)10-21(17)29/h5-6,10,13,15-16,19,22,35H,7-9,11-12,14H2,1-4H3,(H,30,36)/t19?,22-/m0/s1. The largest absolute Gasteiger partial charge is 0.503 e. The van der Waals surface area contributed by atoms with Crippen LogP contribution in [0.25, 0.3) is 0 Å². The van der Waals surface area contributed by atoms with E-state index in [4.69, 9.17) is 0 Å². The summed E-state index contributed by atoms with van der Waals surface area (Å²) in [6.45, 7) is 10.0. The van der Waals surface area contributed by atoms with Crippen LogP contribution in [0.1, 0.15) is 66.9 Å². The number of halogens is 2. The fraction of sp³-hybridized carbons (Fsp3) is 0.519. The first-order valence-corrected chi connectivity index (χ1v) is 12.7. The maximum absolute atomic E-state index is 14.0. The summed E-state index contributed by atoms with van der Waals surface area (Å²) >= 11 is 0. The van der Waals surface area contributed by atoms with Gasteiger partial charge in [-0.25, -0.2) is 8.78 Å². The second-order valence-corrected chi connectivity index (χ2v) is 10.8. The van der Waals surface area contributed by atoms with Crippen molar-refractivity contribution in [2.45, 2.75) is 65.8 Å². The van der Waals surface area contributed by atoms with Crippen LogP contribution in [0.5, 0.6) is 5.75 Å². The zero-order valence-electron chi connectivity index (χ0n) is 21.6. The van der Waals surface area contributed by atoms with E-state index in [0.29, 0.717) is 24.4 Å². The molecule has 0 radical (unpaired) electrons. The van der Waals surface area contributed by atoms with Crippen molar-refractivity contribution in [1.29, 1.82) is 0 Å². The molecule has 1 saturated heterocycles. The van der Waals surface area contributed by atoms with Gasteiger partial charge >= 0.3 is 0 Å². The molecule has 1 aromatic heterocycles. The number of nitrogens with zero attached hydrogens (tertiary/aromatic N) is 3. The monoisotopic (exact) mass is 516 g/mol. The average Bonchev–Trinajstić information content (AvgIpc) is 2.81. The van der Waals surface area contributed by atoms with Crippen LogP contribution in [0.4, 0.5) is 8.78 Å². The Morgan fingerprint density at radius 2 is 1.89 bits per heavy atom. The molecule has 1 fully saturated rings. The molecule has 2 aliphatic rings. The molecule has 2 aliphatic heterocycles. The first-order chi connectivity index (χ1) is 17.5. The minimum atomic E-state index is -0.966. The Labute approximate surface area is 214 Å². The molecule has 1 unspecified atom stereocenters. The number of hydrogen-bond donors (Lipinski definition) is 2. The Morgan fingerprint density at radius 1 is 1.16 bits per heavy atom. The molecule has 37 heavy (non-hydrogen) atoms. The first kappa shape index (κ1) is 26.8. The van der Waals surface area contributed by atoms with Gasteiger partial charge in [-0.05, 0) is 30.7 Å². The van der Waals surface area contributed by atoms with Crippen LogP contribution in [-0.2, 0) is 13.1 Å². The highest BCUT2D eigenvalue weighted by atomic mass is 19.1. The van der Waals surface area contributed by atoms with Gasteiger partial charge in [-0.2, -0.15) is 0 Å². The first-order valence-electron chi connectivity index (χ1n) is 12.7. The normalized spacial score (nSPS) is 19.8. The van der Waals surface area contributed by atoms with Crippen LogP contribution in [0, 0.1) is 23.5 Å². The molecule has 1 aromatic carbocycles. The number of fused-ring (bicyclic) bond motifs is 2. The molecule has 0 saturated carbocycles. The molecule has 2 amide bonds. The van der Waals surface area contributed by atoms with Crippen molar-refractivity contribution >= 4 is 11.8 Å².